The molecule has 0 unspecified atom stereocenters. The number of aromatic nitrogens is 1. The Bertz CT molecular complexity index is 807. The van der Waals surface area contributed by atoms with E-state index in [2.05, 4.69) is 20.6 Å². The second kappa shape index (κ2) is 10.4. The van der Waals surface area contributed by atoms with Crippen molar-refractivity contribution in [2.24, 2.45) is 4.99 Å². The molecule has 1 amide bonds. The van der Waals surface area contributed by atoms with Crippen LogP contribution in [0.1, 0.15) is 16.8 Å². The molecule has 1 aromatic carbocycles. The smallest absolute Gasteiger partial charge is 0.352 e. The lowest BCUT2D eigenvalue weighted by atomic mass is 10.1. The number of pyridine rings is 1. The van der Waals surface area contributed by atoms with Gasteiger partial charge in [0.15, 0.2) is 5.96 Å². The van der Waals surface area contributed by atoms with Gasteiger partial charge in [-0.25, -0.2) is 0 Å². The first-order valence-electron chi connectivity index (χ1n) is 9.04. The molecule has 0 spiro atoms. The molecule has 156 valence electrons. The summed E-state index contributed by atoms with van der Waals surface area (Å²) in [4.78, 5) is 22.1. The first kappa shape index (κ1) is 22.2. The second-order valence-corrected chi connectivity index (χ2v) is 6.36. The molecule has 0 saturated carbocycles. The first-order valence-corrected chi connectivity index (χ1v) is 9.04. The fourth-order valence-corrected chi connectivity index (χ4v) is 2.47. The number of rotatable bonds is 7. The van der Waals surface area contributed by atoms with Gasteiger partial charge in [-0.3, -0.25) is 14.8 Å². The van der Waals surface area contributed by atoms with Crippen molar-refractivity contribution in [3.05, 3.63) is 65.5 Å². The number of halogens is 3. The molecule has 29 heavy (non-hydrogen) atoms. The topological polar surface area (TPSA) is 69.6 Å². The van der Waals surface area contributed by atoms with Gasteiger partial charge in [-0.15, -0.1) is 0 Å². The summed E-state index contributed by atoms with van der Waals surface area (Å²) in [5, 5.41) is 5.88. The van der Waals surface area contributed by atoms with E-state index in [1.165, 1.54) is 12.1 Å². The van der Waals surface area contributed by atoms with Gasteiger partial charge in [0, 0.05) is 45.5 Å². The minimum absolute atomic E-state index is 0.0470. The van der Waals surface area contributed by atoms with Crippen molar-refractivity contribution >= 4 is 11.9 Å². The number of nitrogens with one attached hydrogen (secondary N) is 2. The SMILES string of the molecule is CN=C(NCC(=O)N(C)CCc1ccccn1)NCc1ccc(C(F)(F)F)cc1. The maximum atomic E-state index is 12.6. The molecule has 2 N–H and O–H groups in total. The molecular formula is C20H24F3N5O. The summed E-state index contributed by atoms with van der Waals surface area (Å²) in [6.45, 7) is 0.863. The number of nitrogens with zero attached hydrogens (tertiary/aromatic N) is 3. The van der Waals surface area contributed by atoms with E-state index in [4.69, 9.17) is 0 Å². The quantitative estimate of drug-likeness (QED) is 0.547. The average Bonchev–Trinajstić information content (AvgIpc) is 2.72. The summed E-state index contributed by atoms with van der Waals surface area (Å²) in [5.41, 5.74) is 0.886. The molecule has 6 nitrogen and oxygen atoms in total. The van der Waals surface area contributed by atoms with E-state index >= 15 is 0 Å². The predicted octanol–water partition coefficient (Wildman–Crippen LogP) is 2.47. The molecule has 1 heterocycles. The van der Waals surface area contributed by atoms with Crippen LogP contribution < -0.4 is 10.6 Å². The van der Waals surface area contributed by atoms with Gasteiger partial charge < -0.3 is 15.5 Å². The number of benzene rings is 1. The predicted molar refractivity (Wildman–Crippen MR) is 105 cm³/mol. The average molecular weight is 407 g/mol. The number of hydrogen-bond acceptors (Lipinski definition) is 3. The number of likely N-dealkylation sites (N-methyl/N-ethyl adjacent to an activating group) is 1. The molecule has 0 bridgehead atoms. The van der Waals surface area contributed by atoms with Crippen LogP contribution in [0.4, 0.5) is 13.2 Å². The molecule has 0 aliphatic heterocycles. The summed E-state index contributed by atoms with van der Waals surface area (Å²) >= 11 is 0. The van der Waals surface area contributed by atoms with Gasteiger partial charge in [0.25, 0.3) is 0 Å². The molecule has 0 radical (unpaired) electrons. The highest BCUT2D eigenvalue weighted by Gasteiger charge is 2.29. The Balaban J connectivity index is 1.75. The van der Waals surface area contributed by atoms with Crippen LogP contribution in [0, 0.1) is 0 Å². The van der Waals surface area contributed by atoms with Crippen molar-refractivity contribution in [3.63, 3.8) is 0 Å². The second-order valence-electron chi connectivity index (χ2n) is 6.36. The van der Waals surface area contributed by atoms with E-state index < -0.39 is 11.7 Å². The zero-order valence-corrected chi connectivity index (χ0v) is 16.3. The van der Waals surface area contributed by atoms with Gasteiger partial charge in [0.2, 0.25) is 5.91 Å². The zero-order chi connectivity index (χ0) is 21.3. The summed E-state index contributed by atoms with van der Waals surface area (Å²) in [6, 6.07) is 10.5. The normalized spacial score (nSPS) is 11.8. The van der Waals surface area contributed by atoms with Gasteiger partial charge >= 0.3 is 6.18 Å². The number of guanidine groups is 1. The van der Waals surface area contributed by atoms with Crippen molar-refractivity contribution in [2.75, 3.05) is 27.2 Å². The molecule has 0 atom stereocenters. The number of alkyl halides is 3. The summed E-state index contributed by atoms with van der Waals surface area (Å²) in [6.07, 6.45) is -1.98. The van der Waals surface area contributed by atoms with Gasteiger partial charge in [-0.1, -0.05) is 18.2 Å². The Morgan fingerprint density at radius 3 is 2.45 bits per heavy atom. The van der Waals surface area contributed by atoms with Crippen LogP contribution in [-0.4, -0.2) is 48.9 Å². The lowest BCUT2D eigenvalue weighted by Gasteiger charge is -2.18. The van der Waals surface area contributed by atoms with Crippen molar-refractivity contribution in [1.82, 2.24) is 20.5 Å². The number of carbonyl (C=O) groups excluding carboxylic acids is 1. The Labute approximate surface area is 167 Å². The fourth-order valence-electron chi connectivity index (χ4n) is 2.47. The Morgan fingerprint density at radius 2 is 1.86 bits per heavy atom. The van der Waals surface area contributed by atoms with Crippen molar-refractivity contribution in [1.29, 1.82) is 0 Å². The third kappa shape index (κ3) is 7.44. The lowest BCUT2D eigenvalue weighted by Crippen LogP contribution is -2.43. The van der Waals surface area contributed by atoms with E-state index in [0.717, 1.165) is 17.8 Å². The molecule has 0 aliphatic carbocycles. The number of aliphatic imine (C=N–C) groups is 1. The molecule has 1 aromatic heterocycles. The maximum absolute atomic E-state index is 12.6. The maximum Gasteiger partial charge on any atom is 0.416 e. The Kier molecular flexibility index (Phi) is 7.99. The molecular weight excluding hydrogens is 383 g/mol. The number of carbonyl (C=O) groups is 1. The Morgan fingerprint density at radius 1 is 1.14 bits per heavy atom. The lowest BCUT2D eigenvalue weighted by molar-refractivity contribution is -0.137. The summed E-state index contributed by atoms with van der Waals surface area (Å²) in [7, 11) is 3.27. The highest BCUT2D eigenvalue weighted by molar-refractivity contribution is 5.86. The summed E-state index contributed by atoms with van der Waals surface area (Å²) in [5.74, 6) is 0.273. The van der Waals surface area contributed by atoms with E-state index in [9.17, 15) is 18.0 Å². The highest BCUT2D eigenvalue weighted by Crippen LogP contribution is 2.28. The zero-order valence-electron chi connectivity index (χ0n) is 16.3. The van der Waals surface area contributed by atoms with Gasteiger partial charge in [-0.05, 0) is 29.8 Å². The van der Waals surface area contributed by atoms with E-state index in [0.29, 0.717) is 24.5 Å². The number of amides is 1. The van der Waals surface area contributed by atoms with Crippen LogP contribution in [0.15, 0.2) is 53.7 Å². The fraction of sp³-hybridized carbons (Fsp3) is 0.350. The molecule has 0 aliphatic rings. The minimum Gasteiger partial charge on any atom is -0.352 e. The molecule has 0 fully saturated rings. The van der Waals surface area contributed by atoms with Crippen molar-refractivity contribution in [2.45, 2.75) is 19.1 Å². The van der Waals surface area contributed by atoms with Crippen molar-refractivity contribution < 1.29 is 18.0 Å². The Hall–Kier alpha value is -3.10. The van der Waals surface area contributed by atoms with E-state index in [1.54, 1.807) is 25.2 Å². The van der Waals surface area contributed by atoms with E-state index in [1.807, 2.05) is 18.2 Å². The highest BCUT2D eigenvalue weighted by atomic mass is 19.4. The monoisotopic (exact) mass is 407 g/mol. The van der Waals surface area contributed by atoms with Gasteiger partial charge in [-0.2, -0.15) is 13.2 Å². The first-order chi connectivity index (χ1) is 13.8. The molecule has 0 saturated heterocycles. The minimum atomic E-state index is -4.35. The summed E-state index contributed by atoms with van der Waals surface area (Å²) < 4.78 is 37.8. The molecule has 2 rings (SSSR count). The van der Waals surface area contributed by atoms with Gasteiger partial charge in [0.1, 0.15) is 0 Å². The van der Waals surface area contributed by atoms with Crippen LogP contribution >= 0.6 is 0 Å². The van der Waals surface area contributed by atoms with Crippen molar-refractivity contribution in [3.8, 4) is 0 Å². The van der Waals surface area contributed by atoms with Crippen LogP contribution in [0.2, 0.25) is 0 Å². The van der Waals surface area contributed by atoms with Gasteiger partial charge in [0.05, 0.1) is 12.1 Å². The number of hydrogen-bond donors (Lipinski definition) is 2. The standard InChI is InChI=1S/C20H24F3N5O/c1-24-19(26-13-15-6-8-16(9-7-15)20(21,22)23)27-14-18(29)28(2)12-10-17-5-3-4-11-25-17/h3-9,11H,10,12-14H2,1-2H3,(H2,24,26,27). The van der Waals surface area contributed by atoms with Crippen LogP contribution in [0.5, 0.6) is 0 Å². The van der Waals surface area contributed by atoms with E-state index in [-0.39, 0.29) is 19.0 Å². The molecule has 9 heteroatoms. The van der Waals surface area contributed by atoms with Crippen LogP contribution in [-0.2, 0) is 23.9 Å². The van der Waals surface area contributed by atoms with Crippen LogP contribution in [0.25, 0.3) is 0 Å². The van der Waals surface area contributed by atoms with Crippen LogP contribution in [0.3, 0.4) is 0 Å². The third-order valence-electron chi connectivity index (χ3n) is 4.23. The molecule has 2 aromatic rings. The third-order valence-corrected chi connectivity index (χ3v) is 4.23. The largest absolute Gasteiger partial charge is 0.416 e.